The van der Waals surface area contributed by atoms with E-state index in [2.05, 4.69) is 5.92 Å². The zero-order valence-corrected chi connectivity index (χ0v) is 7.16. The molecule has 1 fully saturated rings. The van der Waals surface area contributed by atoms with Crippen LogP contribution in [0.15, 0.2) is 24.3 Å². The number of nitrogens with zero attached hydrogens (tertiary/aromatic N) is 1. The zero-order valence-electron chi connectivity index (χ0n) is 7.16. The van der Waals surface area contributed by atoms with Crippen molar-refractivity contribution < 1.29 is 4.79 Å². The van der Waals surface area contributed by atoms with Crippen molar-refractivity contribution in [2.45, 2.75) is 6.42 Å². The van der Waals surface area contributed by atoms with Crippen molar-refractivity contribution in [3.8, 4) is 12.3 Å². The van der Waals surface area contributed by atoms with Crippen LogP contribution < -0.4 is 4.90 Å². The minimum absolute atomic E-state index is 0.155. The Labute approximate surface area is 77.2 Å². The van der Waals surface area contributed by atoms with Crippen LogP contribution in [0, 0.1) is 12.3 Å². The summed E-state index contributed by atoms with van der Waals surface area (Å²) in [5.74, 6) is 2.73. The predicted octanol–water partition coefficient (Wildman–Crippen LogP) is 1.40. The van der Waals surface area contributed by atoms with Crippen LogP contribution in [0.2, 0.25) is 0 Å². The molecule has 0 aromatic heterocycles. The number of carbonyl (C=O) groups excluding carboxylic acids is 1. The van der Waals surface area contributed by atoms with Gasteiger partial charge in [-0.3, -0.25) is 4.79 Å². The molecule has 1 amide bonds. The van der Waals surface area contributed by atoms with Crippen LogP contribution in [0.3, 0.4) is 0 Å². The third kappa shape index (κ3) is 1.19. The van der Waals surface area contributed by atoms with Crippen LogP contribution in [0.1, 0.15) is 12.0 Å². The van der Waals surface area contributed by atoms with E-state index in [-0.39, 0.29) is 5.91 Å². The fourth-order valence-corrected chi connectivity index (χ4v) is 1.40. The van der Waals surface area contributed by atoms with E-state index in [4.69, 9.17) is 6.42 Å². The van der Waals surface area contributed by atoms with Crippen LogP contribution in [-0.4, -0.2) is 12.5 Å². The van der Waals surface area contributed by atoms with Crippen LogP contribution in [0.5, 0.6) is 0 Å². The van der Waals surface area contributed by atoms with Gasteiger partial charge in [-0.05, 0) is 12.1 Å². The lowest BCUT2D eigenvalue weighted by Crippen LogP contribution is -2.43. The lowest BCUT2D eigenvalue weighted by Gasteiger charge is -2.31. The van der Waals surface area contributed by atoms with Crippen LogP contribution in [0.4, 0.5) is 5.69 Å². The third-order valence-electron chi connectivity index (χ3n) is 2.20. The SMILES string of the molecule is C#Cc1ccccc1N1CCC1=O. The Kier molecular flexibility index (Phi) is 1.79. The molecule has 1 aliphatic heterocycles. The van der Waals surface area contributed by atoms with E-state index in [0.717, 1.165) is 17.8 Å². The van der Waals surface area contributed by atoms with Gasteiger partial charge in [-0.2, -0.15) is 0 Å². The van der Waals surface area contributed by atoms with Gasteiger partial charge in [-0.15, -0.1) is 6.42 Å². The van der Waals surface area contributed by atoms with Crippen molar-refractivity contribution in [1.82, 2.24) is 0 Å². The first-order chi connectivity index (χ1) is 6.33. The van der Waals surface area contributed by atoms with Crippen molar-refractivity contribution in [2.75, 3.05) is 11.4 Å². The summed E-state index contributed by atoms with van der Waals surface area (Å²) in [6.45, 7) is 0.789. The second-order valence-electron chi connectivity index (χ2n) is 2.96. The van der Waals surface area contributed by atoms with Crippen LogP contribution in [0.25, 0.3) is 0 Å². The van der Waals surface area contributed by atoms with Gasteiger partial charge in [-0.1, -0.05) is 18.1 Å². The molecule has 0 bridgehead atoms. The van der Waals surface area contributed by atoms with Gasteiger partial charge in [0.05, 0.1) is 5.69 Å². The zero-order chi connectivity index (χ0) is 9.26. The van der Waals surface area contributed by atoms with Gasteiger partial charge >= 0.3 is 0 Å². The van der Waals surface area contributed by atoms with Crippen molar-refractivity contribution in [3.05, 3.63) is 29.8 Å². The molecule has 0 spiro atoms. The molecular formula is C11H9NO. The third-order valence-corrected chi connectivity index (χ3v) is 2.20. The summed E-state index contributed by atoms with van der Waals surface area (Å²) in [6.07, 6.45) is 5.96. The number of β-lactam (4-membered cyclic amide) rings is 1. The molecule has 0 N–H and O–H groups in total. The molecule has 2 nitrogen and oxygen atoms in total. The molecule has 0 aliphatic carbocycles. The summed E-state index contributed by atoms with van der Waals surface area (Å²) in [7, 11) is 0. The van der Waals surface area contributed by atoms with Gasteiger partial charge in [0, 0.05) is 18.5 Å². The fourth-order valence-electron chi connectivity index (χ4n) is 1.40. The Hall–Kier alpha value is -1.75. The summed E-state index contributed by atoms with van der Waals surface area (Å²) >= 11 is 0. The highest BCUT2D eigenvalue weighted by molar-refractivity contribution is 6.00. The number of carbonyl (C=O) groups is 1. The van der Waals surface area contributed by atoms with Gasteiger partial charge in [-0.25, -0.2) is 0 Å². The number of benzene rings is 1. The van der Waals surface area contributed by atoms with Gasteiger partial charge in [0.25, 0.3) is 0 Å². The number of terminal acetylenes is 1. The van der Waals surface area contributed by atoms with E-state index in [9.17, 15) is 4.79 Å². The summed E-state index contributed by atoms with van der Waals surface area (Å²) in [5.41, 5.74) is 1.65. The molecule has 1 heterocycles. The molecular weight excluding hydrogens is 162 g/mol. The van der Waals surface area contributed by atoms with Crippen molar-refractivity contribution in [2.24, 2.45) is 0 Å². The molecule has 2 heteroatoms. The first-order valence-electron chi connectivity index (χ1n) is 4.19. The van der Waals surface area contributed by atoms with Gasteiger partial charge in [0.2, 0.25) is 5.91 Å². The Morgan fingerprint density at radius 2 is 2.15 bits per heavy atom. The first kappa shape index (κ1) is 7.88. The molecule has 0 unspecified atom stereocenters. The number of hydrogen-bond acceptors (Lipinski definition) is 1. The maximum absolute atomic E-state index is 11.2. The summed E-state index contributed by atoms with van der Waals surface area (Å²) in [6, 6.07) is 7.50. The molecule has 0 saturated carbocycles. The second kappa shape index (κ2) is 2.95. The van der Waals surface area contributed by atoms with Crippen molar-refractivity contribution in [1.29, 1.82) is 0 Å². The van der Waals surface area contributed by atoms with Crippen molar-refractivity contribution >= 4 is 11.6 Å². The van der Waals surface area contributed by atoms with Gasteiger partial charge in [0.1, 0.15) is 0 Å². The largest absolute Gasteiger partial charge is 0.311 e. The molecule has 13 heavy (non-hydrogen) atoms. The Morgan fingerprint density at radius 3 is 2.69 bits per heavy atom. The van der Waals surface area contributed by atoms with E-state index in [1.165, 1.54) is 0 Å². The fraction of sp³-hybridized carbons (Fsp3) is 0.182. The number of amides is 1. The quantitative estimate of drug-likeness (QED) is 0.462. The standard InChI is InChI=1S/C11H9NO/c1-2-9-5-3-4-6-10(9)12-8-7-11(12)13/h1,3-6H,7-8H2. The number of para-hydroxylation sites is 1. The van der Waals surface area contributed by atoms with E-state index in [0.29, 0.717) is 6.42 Å². The molecule has 64 valence electrons. The second-order valence-corrected chi connectivity index (χ2v) is 2.96. The monoisotopic (exact) mass is 171 g/mol. The smallest absolute Gasteiger partial charge is 0.228 e. The molecule has 2 rings (SSSR count). The van der Waals surface area contributed by atoms with Crippen LogP contribution in [-0.2, 0) is 4.79 Å². The molecule has 1 aromatic rings. The average Bonchev–Trinajstić information content (AvgIpc) is 2.16. The number of rotatable bonds is 1. The molecule has 1 aliphatic rings. The van der Waals surface area contributed by atoms with Gasteiger partial charge in [0.15, 0.2) is 0 Å². The Morgan fingerprint density at radius 1 is 1.38 bits per heavy atom. The normalized spacial score (nSPS) is 15.0. The first-order valence-corrected chi connectivity index (χ1v) is 4.19. The highest BCUT2D eigenvalue weighted by Gasteiger charge is 2.26. The lowest BCUT2D eigenvalue weighted by molar-refractivity contribution is -0.122. The average molecular weight is 171 g/mol. The molecule has 1 aromatic carbocycles. The Balaban J connectivity index is 2.40. The maximum Gasteiger partial charge on any atom is 0.228 e. The van der Waals surface area contributed by atoms with Gasteiger partial charge < -0.3 is 4.90 Å². The Bertz CT molecular complexity index is 389. The summed E-state index contributed by atoms with van der Waals surface area (Å²) in [5, 5.41) is 0. The van der Waals surface area contributed by atoms with E-state index in [1.54, 1.807) is 4.90 Å². The van der Waals surface area contributed by atoms with E-state index in [1.807, 2.05) is 24.3 Å². The molecule has 0 radical (unpaired) electrons. The molecule has 0 atom stereocenters. The maximum atomic E-state index is 11.2. The highest BCUT2D eigenvalue weighted by Crippen LogP contribution is 2.24. The van der Waals surface area contributed by atoms with Crippen molar-refractivity contribution in [3.63, 3.8) is 0 Å². The minimum Gasteiger partial charge on any atom is -0.311 e. The number of hydrogen-bond donors (Lipinski definition) is 0. The van der Waals surface area contributed by atoms with Crippen LogP contribution >= 0.6 is 0 Å². The molecule has 1 saturated heterocycles. The van der Waals surface area contributed by atoms with E-state index < -0.39 is 0 Å². The summed E-state index contributed by atoms with van der Waals surface area (Å²) in [4.78, 5) is 12.9. The summed E-state index contributed by atoms with van der Waals surface area (Å²) < 4.78 is 0. The topological polar surface area (TPSA) is 20.3 Å². The lowest BCUT2D eigenvalue weighted by atomic mass is 10.1. The number of anilines is 1. The highest BCUT2D eigenvalue weighted by atomic mass is 16.2. The van der Waals surface area contributed by atoms with E-state index >= 15 is 0 Å². The minimum atomic E-state index is 0.155. The predicted molar refractivity (Wildman–Crippen MR) is 51.3 cm³/mol.